The Kier molecular flexibility index (Phi) is 2.75. The van der Waals surface area contributed by atoms with Gasteiger partial charge in [-0.25, -0.2) is 9.50 Å². The maximum Gasteiger partial charge on any atom is 0.231 e. The number of hydrogen-bond donors (Lipinski definition) is 1. The van der Waals surface area contributed by atoms with Gasteiger partial charge in [-0.2, -0.15) is 10.1 Å². The van der Waals surface area contributed by atoms with E-state index in [1.54, 1.807) is 10.7 Å². The quantitative estimate of drug-likeness (QED) is 0.767. The molecule has 4 heterocycles. The van der Waals surface area contributed by atoms with Crippen molar-refractivity contribution in [1.29, 1.82) is 0 Å². The first-order valence-corrected chi connectivity index (χ1v) is 7.09. The van der Waals surface area contributed by atoms with Crippen molar-refractivity contribution in [3.05, 3.63) is 29.5 Å². The van der Waals surface area contributed by atoms with Crippen LogP contribution in [0, 0.1) is 13.8 Å². The van der Waals surface area contributed by atoms with Crippen LogP contribution in [0.1, 0.15) is 29.6 Å². The van der Waals surface area contributed by atoms with Crippen LogP contribution in [0.4, 0.5) is 0 Å². The van der Waals surface area contributed by atoms with Crippen LogP contribution >= 0.6 is 0 Å². The summed E-state index contributed by atoms with van der Waals surface area (Å²) < 4.78 is 7.22. The molecule has 21 heavy (non-hydrogen) atoms. The Hall–Kier alpha value is -2.28. The molecular formula is C14H16N6O. The van der Waals surface area contributed by atoms with E-state index in [0.29, 0.717) is 17.6 Å². The summed E-state index contributed by atoms with van der Waals surface area (Å²) in [6.07, 6.45) is 2.78. The van der Waals surface area contributed by atoms with Gasteiger partial charge in [0.1, 0.15) is 0 Å². The fraction of sp³-hybridized carbons (Fsp3) is 0.429. The molecule has 0 amide bonds. The molecule has 0 aromatic carbocycles. The van der Waals surface area contributed by atoms with E-state index in [-0.39, 0.29) is 0 Å². The maximum absolute atomic E-state index is 5.42. The predicted molar refractivity (Wildman–Crippen MR) is 76.0 cm³/mol. The summed E-state index contributed by atoms with van der Waals surface area (Å²) in [6, 6.07) is 2.00. The third-order valence-corrected chi connectivity index (χ3v) is 3.87. The van der Waals surface area contributed by atoms with Gasteiger partial charge in [-0.1, -0.05) is 5.16 Å². The van der Waals surface area contributed by atoms with E-state index >= 15 is 0 Å². The summed E-state index contributed by atoms with van der Waals surface area (Å²) >= 11 is 0. The minimum absolute atomic E-state index is 0.310. The summed E-state index contributed by atoms with van der Waals surface area (Å²) in [5, 5.41) is 11.8. The lowest BCUT2D eigenvalue weighted by Gasteiger charge is -2.00. The molecule has 1 fully saturated rings. The van der Waals surface area contributed by atoms with E-state index in [1.165, 1.54) is 0 Å². The Labute approximate surface area is 121 Å². The molecule has 3 aromatic rings. The van der Waals surface area contributed by atoms with Crippen molar-refractivity contribution in [2.75, 3.05) is 13.1 Å². The van der Waals surface area contributed by atoms with E-state index in [1.807, 2.05) is 19.9 Å². The Morgan fingerprint density at radius 2 is 2.24 bits per heavy atom. The fourth-order valence-electron chi connectivity index (χ4n) is 2.80. The summed E-state index contributed by atoms with van der Waals surface area (Å²) in [4.78, 5) is 9.08. The minimum Gasteiger partial charge on any atom is -0.339 e. The number of fused-ring (bicyclic) bond motifs is 1. The molecule has 0 spiro atoms. The van der Waals surface area contributed by atoms with Gasteiger partial charge in [-0.15, -0.1) is 0 Å². The Balaban J connectivity index is 1.79. The van der Waals surface area contributed by atoms with E-state index in [0.717, 1.165) is 42.1 Å². The molecule has 0 aliphatic carbocycles. The van der Waals surface area contributed by atoms with Crippen molar-refractivity contribution in [2.45, 2.75) is 26.2 Å². The average Bonchev–Trinajstić information content (AvgIpc) is 3.18. The molecule has 1 atom stereocenters. The minimum atomic E-state index is 0.310. The van der Waals surface area contributed by atoms with Gasteiger partial charge in [0.25, 0.3) is 0 Å². The lowest BCUT2D eigenvalue weighted by molar-refractivity contribution is 0.359. The first-order chi connectivity index (χ1) is 10.2. The van der Waals surface area contributed by atoms with E-state index in [9.17, 15) is 0 Å². The van der Waals surface area contributed by atoms with Crippen LogP contribution in [0.25, 0.3) is 17.0 Å². The van der Waals surface area contributed by atoms with Crippen LogP contribution in [0.5, 0.6) is 0 Å². The Bertz CT molecular complexity index is 799. The highest BCUT2D eigenvalue weighted by Crippen LogP contribution is 2.26. The largest absolute Gasteiger partial charge is 0.339 e. The van der Waals surface area contributed by atoms with Crippen LogP contribution < -0.4 is 5.32 Å². The number of nitrogens with one attached hydrogen (secondary N) is 1. The Morgan fingerprint density at radius 1 is 1.33 bits per heavy atom. The smallest absolute Gasteiger partial charge is 0.231 e. The molecule has 108 valence electrons. The molecule has 7 heteroatoms. The van der Waals surface area contributed by atoms with Gasteiger partial charge >= 0.3 is 0 Å². The van der Waals surface area contributed by atoms with Crippen molar-refractivity contribution in [1.82, 2.24) is 30.1 Å². The molecule has 0 saturated carbocycles. The van der Waals surface area contributed by atoms with Gasteiger partial charge in [-0.05, 0) is 32.9 Å². The summed E-state index contributed by atoms with van der Waals surface area (Å²) in [5.74, 6) is 1.56. The number of aryl methyl sites for hydroxylation is 2. The topological polar surface area (TPSA) is 81.1 Å². The zero-order chi connectivity index (χ0) is 14.4. The molecule has 1 aliphatic heterocycles. The van der Waals surface area contributed by atoms with Crippen molar-refractivity contribution >= 4 is 5.65 Å². The van der Waals surface area contributed by atoms with Gasteiger partial charge in [0.05, 0.1) is 17.7 Å². The molecule has 0 unspecified atom stereocenters. The number of hydrogen-bond acceptors (Lipinski definition) is 6. The SMILES string of the molecule is Cc1cc(C)n2ncc(-c3noc([C@@H]4CCNC4)n3)c2n1. The second kappa shape index (κ2) is 4.63. The number of nitrogens with zero attached hydrogens (tertiary/aromatic N) is 5. The third-order valence-electron chi connectivity index (χ3n) is 3.87. The molecule has 0 radical (unpaired) electrons. The normalized spacial score (nSPS) is 18.7. The van der Waals surface area contributed by atoms with E-state index in [4.69, 9.17) is 4.52 Å². The molecule has 1 saturated heterocycles. The van der Waals surface area contributed by atoms with Gasteiger partial charge in [0.2, 0.25) is 11.7 Å². The van der Waals surface area contributed by atoms with Crippen LogP contribution in [-0.2, 0) is 0 Å². The summed E-state index contributed by atoms with van der Waals surface area (Å²) in [5.41, 5.74) is 3.56. The fourth-order valence-corrected chi connectivity index (χ4v) is 2.80. The van der Waals surface area contributed by atoms with Crippen molar-refractivity contribution < 1.29 is 4.52 Å². The second-order valence-electron chi connectivity index (χ2n) is 5.48. The molecule has 1 N–H and O–H groups in total. The van der Waals surface area contributed by atoms with Crippen molar-refractivity contribution in [3.63, 3.8) is 0 Å². The highest BCUT2D eigenvalue weighted by atomic mass is 16.5. The maximum atomic E-state index is 5.42. The predicted octanol–water partition coefficient (Wildman–Crippen LogP) is 1.47. The van der Waals surface area contributed by atoms with E-state index in [2.05, 4.69) is 25.5 Å². The second-order valence-corrected chi connectivity index (χ2v) is 5.48. The lowest BCUT2D eigenvalue weighted by atomic mass is 10.1. The summed E-state index contributed by atoms with van der Waals surface area (Å²) in [7, 11) is 0. The van der Waals surface area contributed by atoms with Crippen molar-refractivity contribution in [3.8, 4) is 11.4 Å². The van der Waals surface area contributed by atoms with Crippen molar-refractivity contribution in [2.24, 2.45) is 0 Å². The highest BCUT2D eigenvalue weighted by Gasteiger charge is 2.24. The first kappa shape index (κ1) is 12.5. The molecule has 4 rings (SSSR count). The molecule has 1 aliphatic rings. The lowest BCUT2D eigenvalue weighted by Crippen LogP contribution is -2.08. The zero-order valence-corrected chi connectivity index (χ0v) is 12.0. The van der Waals surface area contributed by atoms with Gasteiger partial charge in [0, 0.05) is 17.9 Å². The molecule has 3 aromatic heterocycles. The molecule has 0 bridgehead atoms. The van der Waals surface area contributed by atoms with Crippen LogP contribution in [-0.4, -0.2) is 37.8 Å². The van der Waals surface area contributed by atoms with Gasteiger partial charge in [0.15, 0.2) is 5.65 Å². The van der Waals surface area contributed by atoms with Crippen LogP contribution in [0.15, 0.2) is 16.8 Å². The molecular weight excluding hydrogens is 268 g/mol. The van der Waals surface area contributed by atoms with E-state index < -0.39 is 0 Å². The molecule has 7 nitrogen and oxygen atoms in total. The number of rotatable bonds is 2. The zero-order valence-electron chi connectivity index (χ0n) is 12.0. The van der Waals surface area contributed by atoms with Crippen LogP contribution in [0.3, 0.4) is 0 Å². The first-order valence-electron chi connectivity index (χ1n) is 7.09. The third kappa shape index (κ3) is 2.01. The average molecular weight is 284 g/mol. The van der Waals surface area contributed by atoms with Gasteiger partial charge in [-0.3, -0.25) is 0 Å². The van der Waals surface area contributed by atoms with Crippen LogP contribution in [0.2, 0.25) is 0 Å². The highest BCUT2D eigenvalue weighted by molar-refractivity contribution is 5.72. The number of aromatic nitrogens is 5. The summed E-state index contributed by atoms with van der Waals surface area (Å²) in [6.45, 7) is 5.87. The van der Waals surface area contributed by atoms with Gasteiger partial charge < -0.3 is 9.84 Å². The standard InChI is InChI=1S/C14H16N6O/c1-8-5-9(2)20-13(17-8)11(7-16-20)12-18-14(21-19-12)10-3-4-15-6-10/h5,7,10,15H,3-4,6H2,1-2H3/t10-/m1/s1. The monoisotopic (exact) mass is 284 g/mol. The Morgan fingerprint density at radius 3 is 3.05 bits per heavy atom.